The quantitative estimate of drug-likeness (QED) is 0.807. The first-order chi connectivity index (χ1) is 8.15. The molecular formula is C13H17FN2O. The first kappa shape index (κ1) is 12.0. The Hall–Kier alpha value is -1.42. The van der Waals surface area contributed by atoms with Crippen molar-refractivity contribution >= 4 is 5.91 Å². The molecule has 17 heavy (non-hydrogen) atoms. The van der Waals surface area contributed by atoms with Gasteiger partial charge in [-0.2, -0.15) is 0 Å². The molecule has 92 valence electrons. The number of benzene rings is 1. The maximum atomic E-state index is 12.9. The van der Waals surface area contributed by atoms with E-state index in [1.165, 1.54) is 25.0 Å². The Bertz CT molecular complexity index is 404. The standard InChI is InChI=1S/C13H17FN2O/c14-11-3-1-2-9(6-11)7-13(17)16-8-12(15)10-4-5-10/h1-3,6,10,12H,4-5,7-8,15H2,(H,16,17). The maximum Gasteiger partial charge on any atom is 0.224 e. The highest BCUT2D eigenvalue weighted by Gasteiger charge is 2.28. The minimum Gasteiger partial charge on any atom is -0.354 e. The number of nitrogens with one attached hydrogen (secondary N) is 1. The van der Waals surface area contributed by atoms with Crippen LogP contribution in [-0.4, -0.2) is 18.5 Å². The smallest absolute Gasteiger partial charge is 0.224 e. The number of rotatable bonds is 5. The molecule has 0 aliphatic heterocycles. The van der Waals surface area contributed by atoms with E-state index in [1.54, 1.807) is 12.1 Å². The van der Waals surface area contributed by atoms with E-state index in [-0.39, 0.29) is 24.2 Å². The van der Waals surface area contributed by atoms with Crippen molar-refractivity contribution in [2.24, 2.45) is 11.7 Å². The number of hydrogen-bond donors (Lipinski definition) is 2. The van der Waals surface area contributed by atoms with E-state index in [9.17, 15) is 9.18 Å². The van der Waals surface area contributed by atoms with Crippen LogP contribution in [0.5, 0.6) is 0 Å². The third-order valence-electron chi connectivity index (χ3n) is 3.02. The summed E-state index contributed by atoms with van der Waals surface area (Å²) in [5, 5.41) is 2.79. The second-order valence-electron chi connectivity index (χ2n) is 4.61. The van der Waals surface area contributed by atoms with Crippen molar-refractivity contribution in [2.75, 3.05) is 6.54 Å². The first-order valence-corrected chi connectivity index (χ1v) is 5.92. The Balaban J connectivity index is 1.76. The second-order valence-corrected chi connectivity index (χ2v) is 4.61. The van der Waals surface area contributed by atoms with Crippen molar-refractivity contribution in [1.29, 1.82) is 0 Å². The normalized spacial score (nSPS) is 16.6. The van der Waals surface area contributed by atoms with Crippen molar-refractivity contribution in [2.45, 2.75) is 25.3 Å². The number of amides is 1. The Morgan fingerprint density at radius 3 is 2.94 bits per heavy atom. The molecule has 3 nitrogen and oxygen atoms in total. The summed E-state index contributed by atoms with van der Waals surface area (Å²) in [4.78, 5) is 11.6. The van der Waals surface area contributed by atoms with E-state index in [1.807, 2.05) is 0 Å². The Kier molecular flexibility index (Phi) is 3.74. The van der Waals surface area contributed by atoms with Crippen LogP contribution in [0.1, 0.15) is 18.4 Å². The molecule has 0 heterocycles. The van der Waals surface area contributed by atoms with E-state index in [4.69, 9.17) is 5.73 Å². The molecule has 1 saturated carbocycles. The van der Waals surface area contributed by atoms with Gasteiger partial charge >= 0.3 is 0 Å². The molecule has 1 aliphatic rings. The van der Waals surface area contributed by atoms with Crippen LogP contribution in [-0.2, 0) is 11.2 Å². The van der Waals surface area contributed by atoms with Gasteiger partial charge in [0, 0.05) is 12.6 Å². The lowest BCUT2D eigenvalue weighted by Crippen LogP contribution is -2.39. The molecular weight excluding hydrogens is 219 g/mol. The van der Waals surface area contributed by atoms with Crippen LogP contribution in [0.15, 0.2) is 24.3 Å². The Morgan fingerprint density at radius 1 is 1.53 bits per heavy atom. The van der Waals surface area contributed by atoms with Crippen LogP contribution >= 0.6 is 0 Å². The molecule has 0 aromatic heterocycles. The largest absolute Gasteiger partial charge is 0.354 e. The molecule has 2 rings (SSSR count). The van der Waals surface area contributed by atoms with Gasteiger partial charge < -0.3 is 11.1 Å². The zero-order valence-corrected chi connectivity index (χ0v) is 9.66. The molecule has 0 radical (unpaired) electrons. The van der Waals surface area contributed by atoms with Crippen LogP contribution in [0.4, 0.5) is 4.39 Å². The molecule has 0 bridgehead atoms. The molecule has 1 amide bonds. The van der Waals surface area contributed by atoms with Gasteiger partial charge in [0.15, 0.2) is 0 Å². The van der Waals surface area contributed by atoms with Gasteiger partial charge in [-0.1, -0.05) is 12.1 Å². The molecule has 1 aromatic carbocycles. The SMILES string of the molecule is NC(CNC(=O)Cc1cccc(F)c1)C1CC1. The van der Waals surface area contributed by atoms with Gasteiger partial charge in [0.05, 0.1) is 6.42 Å². The van der Waals surface area contributed by atoms with E-state index >= 15 is 0 Å². The van der Waals surface area contributed by atoms with Crippen LogP contribution in [0.3, 0.4) is 0 Å². The fraction of sp³-hybridized carbons (Fsp3) is 0.462. The van der Waals surface area contributed by atoms with Crippen LogP contribution in [0.2, 0.25) is 0 Å². The summed E-state index contributed by atoms with van der Waals surface area (Å²) in [5.74, 6) is 0.154. The van der Waals surface area contributed by atoms with Gasteiger partial charge in [-0.05, 0) is 36.5 Å². The average Bonchev–Trinajstić information content (AvgIpc) is 3.09. The van der Waals surface area contributed by atoms with Gasteiger partial charge in [0.1, 0.15) is 5.82 Å². The molecule has 0 spiro atoms. The Labute approximate surface area is 100 Å². The van der Waals surface area contributed by atoms with Crippen molar-refractivity contribution in [3.8, 4) is 0 Å². The van der Waals surface area contributed by atoms with Gasteiger partial charge in [-0.25, -0.2) is 4.39 Å². The summed E-state index contributed by atoms with van der Waals surface area (Å²) in [7, 11) is 0. The van der Waals surface area contributed by atoms with Crippen molar-refractivity contribution in [1.82, 2.24) is 5.32 Å². The van der Waals surface area contributed by atoms with Crippen molar-refractivity contribution < 1.29 is 9.18 Å². The summed E-state index contributed by atoms with van der Waals surface area (Å²) >= 11 is 0. The van der Waals surface area contributed by atoms with E-state index < -0.39 is 0 Å². The fourth-order valence-electron chi connectivity index (χ4n) is 1.82. The number of carbonyl (C=O) groups excluding carboxylic acids is 1. The molecule has 0 saturated heterocycles. The predicted molar refractivity (Wildman–Crippen MR) is 63.8 cm³/mol. The monoisotopic (exact) mass is 236 g/mol. The number of hydrogen-bond acceptors (Lipinski definition) is 2. The summed E-state index contributed by atoms with van der Waals surface area (Å²) < 4.78 is 12.9. The lowest BCUT2D eigenvalue weighted by molar-refractivity contribution is -0.120. The summed E-state index contributed by atoms with van der Waals surface area (Å²) in [5.41, 5.74) is 6.55. The molecule has 1 aromatic rings. The van der Waals surface area contributed by atoms with E-state index in [0.717, 1.165) is 0 Å². The molecule has 1 atom stereocenters. The highest BCUT2D eigenvalue weighted by atomic mass is 19.1. The number of halogens is 1. The lowest BCUT2D eigenvalue weighted by Gasteiger charge is -2.11. The third-order valence-corrected chi connectivity index (χ3v) is 3.02. The Morgan fingerprint density at radius 2 is 2.29 bits per heavy atom. The minimum atomic E-state index is -0.315. The summed E-state index contributed by atoms with van der Waals surface area (Å²) in [6.45, 7) is 0.513. The number of nitrogens with two attached hydrogens (primary N) is 1. The second kappa shape index (κ2) is 5.27. The zero-order chi connectivity index (χ0) is 12.3. The summed E-state index contributed by atoms with van der Waals surface area (Å²) in [6, 6.07) is 6.15. The molecule has 1 aliphatic carbocycles. The lowest BCUT2D eigenvalue weighted by atomic mass is 10.1. The minimum absolute atomic E-state index is 0.0615. The highest BCUT2D eigenvalue weighted by Crippen LogP contribution is 2.31. The molecule has 4 heteroatoms. The average molecular weight is 236 g/mol. The predicted octanol–water partition coefficient (Wildman–Crippen LogP) is 1.22. The van der Waals surface area contributed by atoms with Crippen molar-refractivity contribution in [3.63, 3.8) is 0 Å². The van der Waals surface area contributed by atoms with E-state index in [2.05, 4.69) is 5.32 Å². The van der Waals surface area contributed by atoms with Crippen LogP contribution in [0, 0.1) is 11.7 Å². The van der Waals surface area contributed by atoms with Crippen molar-refractivity contribution in [3.05, 3.63) is 35.6 Å². The van der Waals surface area contributed by atoms with Crippen LogP contribution in [0.25, 0.3) is 0 Å². The zero-order valence-electron chi connectivity index (χ0n) is 9.66. The van der Waals surface area contributed by atoms with Gasteiger partial charge in [0.25, 0.3) is 0 Å². The van der Waals surface area contributed by atoms with E-state index in [0.29, 0.717) is 18.0 Å². The van der Waals surface area contributed by atoms with Gasteiger partial charge in [-0.15, -0.1) is 0 Å². The molecule has 3 N–H and O–H groups in total. The highest BCUT2D eigenvalue weighted by molar-refractivity contribution is 5.78. The molecule has 1 unspecified atom stereocenters. The first-order valence-electron chi connectivity index (χ1n) is 5.92. The van der Waals surface area contributed by atoms with Gasteiger partial charge in [0.2, 0.25) is 5.91 Å². The topological polar surface area (TPSA) is 55.1 Å². The third kappa shape index (κ3) is 3.82. The fourth-order valence-corrected chi connectivity index (χ4v) is 1.82. The van der Waals surface area contributed by atoms with Crippen LogP contribution < -0.4 is 11.1 Å². The number of carbonyl (C=O) groups is 1. The van der Waals surface area contributed by atoms with Gasteiger partial charge in [-0.3, -0.25) is 4.79 Å². The maximum absolute atomic E-state index is 12.9. The summed E-state index contributed by atoms with van der Waals surface area (Å²) in [6.07, 6.45) is 2.54. The molecule has 1 fully saturated rings.